The highest BCUT2D eigenvalue weighted by molar-refractivity contribution is 5.91. The van der Waals surface area contributed by atoms with E-state index in [9.17, 15) is 14.4 Å². The molecular formula is C20H20N4O3. The second kappa shape index (κ2) is 7.82. The minimum Gasteiger partial charge on any atom is -0.351 e. The van der Waals surface area contributed by atoms with E-state index in [0.717, 1.165) is 20.4 Å². The lowest BCUT2D eigenvalue weighted by Crippen LogP contribution is -2.46. The van der Waals surface area contributed by atoms with Gasteiger partial charge in [-0.25, -0.2) is 4.79 Å². The van der Waals surface area contributed by atoms with Crippen molar-refractivity contribution in [1.82, 2.24) is 19.7 Å². The van der Waals surface area contributed by atoms with Crippen LogP contribution in [-0.4, -0.2) is 26.8 Å². The Morgan fingerprint density at radius 3 is 2.48 bits per heavy atom. The van der Waals surface area contributed by atoms with Gasteiger partial charge in [-0.1, -0.05) is 42.5 Å². The van der Waals surface area contributed by atoms with Crippen molar-refractivity contribution in [2.24, 2.45) is 0 Å². The van der Waals surface area contributed by atoms with E-state index in [1.165, 1.54) is 0 Å². The van der Waals surface area contributed by atoms with E-state index in [-0.39, 0.29) is 12.2 Å². The zero-order chi connectivity index (χ0) is 19.4. The Morgan fingerprint density at radius 1 is 1.07 bits per heavy atom. The van der Waals surface area contributed by atoms with Crippen LogP contribution in [0.5, 0.6) is 0 Å². The molecule has 0 saturated heterocycles. The number of aryl methyl sites for hydroxylation is 1. The van der Waals surface area contributed by atoms with Crippen molar-refractivity contribution in [2.45, 2.75) is 20.4 Å². The highest BCUT2D eigenvalue weighted by Crippen LogP contribution is 2.07. The van der Waals surface area contributed by atoms with Gasteiger partial charge in [-0.3, -0.25) is 14.2 Å². The fourth-order valence-electron chi connectivity index (χ4n) is 2.73. The zero-order valence-electron chi connectivity index (χ0n) is 15.2. The third-order valence-corrected chi connectivity index (χ3v) is 4.04. The monoisotopic (exact) mass is 364 g/mol. The molecule has 2 aromatic carbocycles. The maximum Gasteiger partial charge on any atom is 0.352 e. The first-order valence-corrected chi connectivity index (χ1v) is 8.64. The summed E-state index contributed by atoms with van der Waals surface area (Å²) in [5, 5.41) is 6.64. The number of carbonyl (C=O) groups excluding carboxylic acids is 1. The number of nitrogens with one attached hydrogen (secondary N) is 1. The van der Waals surface area contributed by atoms with E-state index >= 15 is 0 Å². The van der Waals surface area contributed by atoms with Crippen molar-refractivity contribution in [3.05, 3.63) is 92.3 Å². The van der Waals surface area contributed by atoms with Crippen molar-refractivity contribution in [1.29, 1.82) is 0 Å². The quantitative estimate of drug-likeness (QED) is 0.743. The van der Waals surface area contributed by atoms with Gasteiger partial charge < -0.3 is 5.32 Å². The average molecular weight is 364 g/mol. The molecule has 27 heavy (non-hydrogen) atoms. The molecule has 3 rings (SSSR count). The van der Waals surface area contributed by atoms with Crippen LogP contribution in [0.3, 0.4) is 0 Å². The molecule has 0 unspecified atom stereocenters. The second-order valence-corrected chi connectivity index (χ2v) is 6.12. The minimum absolute atomic E-state index is 0.0548. The first kappa shape index (κ1) is 18.3. The molecule has 0 aliphatic heterocycles. The first-order valence-electron chi connectivity index (χ1n) is 8.64. The Bertz CT molecular complexity index is 1080. The molecule has 1 amide bonds. The lowest BCUT2D eigenvalue weighted by molar-refractivity contribution is 0.0946. The van der Waals surface area contributed by atoms with Crippen molar-refractivity contribution < 1.29 is 4.79 Å². The molecule has 0 aliphatic carbocycles. The molecule has 3 aromatic rings. The molecule has 0 saturated carbocycles. The van der Waals surface area contributed by atoms with Gasteiger partial charge in [0.2, 0.25) is 5.69 Å². The summed E-state index contributed by atoms with van der Waals surface area (Å²) in [5.74, 6) is -0.606. The van der Waals surface area contributed by atoms with Crippen LogP contribution in [-0.2, 0) is 6.54 Å². The number of hydrogen-bond acceptors (Lipinski definition) is 4. The van der Waals surface area contributed by atoms with Crippen LogP contribution < -0.4 is 16.6 Å². The summed E-state index contributed by atoms with van der Waals surface area (Å²) >= 11 is 0. The highest BCUT2D eigenvalue weighted by Gasteiger charge is 2.20. The molecule has 0 spiro atoms. The summed E-state index contributed by atoms with van der Waals surface area (Å²) < 4.78 is 2.14. The van der Waals surface area contributed by atoms with Crippen LogP contribution in [0.25, 0.3) is 5.69 Å². The number of hydrogen-bond donors (Lipinski definition) is 1. The second-order valence-electron chi connectivity index (χ2n) is 6.12. The Balaban J connectivity index is 2.23. The van der Waals surface area contributed by atoms with Crippen LogP contribution >= 0.6 is 0 Å². The number of carbonyl (C=O) groups is 1. The van der Waals surface area contributed by atoms with Crippen molar-refractivity contribution in [2.75, 3.05) is 6.54 Å². The van der Waals surface area contributed by atoms with Gasteiger partial charge in [0.25, 0.3) is 11.5 Å². The van der Waals surface area contributed by atoms with Crippen LogP contribution in [0.1, 0.15) is 28.5 Å². The Labute approximate surface area is 155 Å². The Hall–Kier alpha value is -3.48. The van der Waals surface area contributed by atoms with Crippen molar-refractivity contribution >= 4 is 5.91 Å². The average Bonchev–Trinajstić information content (AvgIpc) is 2.66. The summed E-state index contributed by atoms with van der Waals surface area (Å²) in [6.07, 6.45) is 0. The SMILES string of the molecule is CCNC(=O)c1nn(-c2cccc(C)c2)c(=O)n(Cc2ccccc2)c1=O. The number of amides is 1. The minimum atomic E-state index is -0.710. The normalized spacial score (nSPS) is 10.6. The van der Waals surface area contributed by atoms with Gasteiger partial charge in [0.1, 0.15) is 0 Å². The van der Waals surface area contributed by atoms with E-state index in [4.69, 9.17) is 0 Å². The van der Waals surface area contributed by atoms with E-state index in [1.54, 1.807) is 25.1 Å². The molecule has 7 heteroatoms. The number of aromatic nitrogens is 3. The van der Waals surface area contributed by atoms with E-state index in [2.05, 4.69) is 10.4 Å². The van der Waals surface area contributed by atoms with Gasteiger partial charge in [0.05, 0.1) is 12.2 Å². The van der Waals surface area contributed by atoms with Gasteiger partial charge in [-0.2, -0.15) is 9.78 Å². The maximum absolute atomic E-state index is 13.0. The third kappa shape index (κ3) is 3.87. The molecule has 1 N–H and O–H groups in total. The summed E-state index contributed by atoms with van der Waals surface area (Å²) in [6, 6.07) is 16.3. The van der Waals surface area contributed by atoms with Gasteiger partial charge >= 0.3 is 5.69 Å². The number of nitrogens with zero attached hydrogens (tertiary/aromatic N) is 3. The Morgan fingerprint density at radius 2 is 1.81 bits per heavy atom. The number of rotatable bonds is 5. The molecule has 138 valence electrons. The fourth-order valence-corrected chi connectivity index (χ4v) is 2.73. The zero-order valence-corrected chi connectivity index (χ0v) is 15.2. The lowest BCUT2D eigenvalue weighted by Gasteiger charge is -2.12. The van der Waals surface area contributed by atoms with Crippen molar-refractivity contribution in [3.63, 3.8) is 0 Å². The fraction of sp³-hybridized carbons (Fsp3) is 0.200. The van der Waals surface area contributed by atoms with Crippen LogP contribution in [0.2, 0.25) is 0 Å². The van der Waals surface area contributed by atoms with E-state index in [0.29, 0.717) is 12.2 Å². The molecule has 0 aliphatic rings. The lowest BCUT2D eigenvalue weighted by atomic mass is 10.2. The molecule has 1 heterocycles. The molecular weight excluding hydrogens is 344 g/mol. The Kier molecular flexibility index (Phi) is 5.30. The molecule has 0 atom stereocenters. The summed E-state index contributed by atoms with van der Waals surface area (Å²) in [7, 11) is 0. The van der Waals surface area contributed by atoms with Crippen molar-refractivity contribution in [3.8, 4) is 5.69 Å². The van der Waals surface area contributed by atoms with Gasteiger partial charge in [0, 0.05) is 6.54 Å². The predicted octanol–water partition coefficient (Wildman–Crippen LogP) is 1.50. The van der Waals surface area contributed by atoms with Crippen LogP contribution in [0.4, 0.5) is 0 Å². The molecule has 0 fully saturated rings. The van der Waals surface area contributed by atoms with Crippen LogP contribution in [0, 0.1) is 6.92 Å². The van der Waals surface area contributed by atoms with E-state index in [1.807, 2.05) is 43.3 Å². The predicted molar refractivity (Wildman–Crippen MR) is 102 cm³/mol. The smallest absolute Gasteiger partial charge is 0.351 e. The molecule has 7 nitrogen and oxygen atoms in total. The van der Waals surface area contributed by atoms with E-state index < -0.39 is 17.2 Å². The summed E-state index contributed by atoms with van der Waals surface area (Å²) in [5.41, 5.74) is 0.588. The standard InChI is InChI=1S/C20H20N4O3/c1-3-21-18(25)17-19(26)23(13-15-9-5-4-6-10-15)20(27)24(22-17)16-11-7-8-14(2)12-16/h4-12H,3,13H2,1-2H3,(H,21,25). The maximum atomic E-state index is 13.0. The van der Waals surface area contributed by atoms with Gasteiger partial charge in [-0.15, -0.1) is 0 Å². The third-order valence-electron chi connectivity index (χ3n) is 4.04. The first-order chi connectivity index (χ1) is 13.0. The molecule has 0 radical (unpaired) electrons. The van der Waals surface area contributed by atoms with Gasteiger partial charge in [0.15, 0.2) is 0 Å². The molecule has 1 aromatic heterocycles. The van der Waals surface area contributed by atoms with Crippen LogP contribution in [0.15, 0.2) is 64.2 Å². The van der Waals surface area contributed by atoms with Gasteiger partial charge in [-0.05, 0) is 37.1 Å². The summed E-state index contributed by atoms with van der Waals surface area (Å²) in [6.45, 7) is 4.04. The largest absolute Gasteiger partial charge is 0.352 e. The summed E-state index contributed by atoms with van der Waals surface area (Å²) in [4.78, 5) is 38.1. The topological polar surface area (TPSA) is 86.0 Å². The molecule has 0 bridgehead atoms. The number of benzene rings is 2. The highest BCUT2D eigenvalue weighted by atomic mass is 16.2.